The predicted molar refractivity (Wildman–Crippen MR) is 79.6 cm³/mol. The Morgan fingerprint density at radius 2 is 2.26 bits per heavy atom. The number of carboxylic acid groups (broad SMARTS) is 1. The molecule has 0 fully saturated rings. The summed E-state index contributed by atoms with van der Waals surface area (Å²) in [7, 11) is 0. The third kappa shape index (κ3) is 4.72. The molecule has 1 aromatic rings. The Hall–Kier alpha value is -1.27. The Bertz CT molecular complexity index is 505. The van der Waals surface area contributed by atoms with Gasteiger partial charge in [0.15, 0.2) is 0 Å². The molecular weight excluding hydrogens is 330 g/mol. The summed E-state index contributed by atoms with van der Waals surface area (Å²) in [6, 6.07) is 4.99. The zero-order valence-corrected chi connectivity index (χ0v) is 12.8. The number of amides is 1. The largest absolute Gasteiger partial charge is 0.478 e. The van der Waals surface area contributed by atoms with E-state index < -0.39 is 5.97 Å². The fourth-order valence-corrected chi connectivity index (χ4v) is 2.66. The number of rotatable bonds is 6. The molecule has 1 amide bonds. The SMILES string of the molecule is C=CCNC(=O)C(C)Sc1ccc(Br)c(C(=O)O)c1. The van der Waals surface area contributed by atoms with Crippen LogP contribution in [0, 0.1) is 0 Å². The van der Waals surface area contributed by atoms with Crippen molar-refractivity contribution in [3.05, 3.63) is 40.9 Å². The highest BCUT2D eigenvalue weighted by atomic mass is 79.9. The topological polar surface area (TPSA) is 66.4 Å². The molecule has 0 radical (unpaired) electrons. The van der Waals surface area contributed by atoms with Crippen molar-refractivity contribution < 1.29 is 14.7 Å². The molecule has 1 unspecified atom stereocenters. The Morgan fingerprint density at radius 1 is 1.58 bits per heavy atom. The fourth-order valence-electron chi connectivity index (χ4n) is 1.32. The van der Waals surface area contributed by atoms with Gasteiger partial charge in [0.1, 0.15) is 0 Å². The summed E-state index contributed by atoms with van der Waals surface area (Å²) >= 11 is 4.49. The van der Waals surface area contributed by atoms with E-state index in [9.17, 15) is 9.59 Å². The van der Waals surface area contributed by atoms with E-state index in [-0.39, 0.29) is 16.7 Å². The molecule has 0 aliphatic carbocycles. The van der Waals surface area contributed by atoms with Crippen molar-refractivity contribution in [3.8, 4) is 0 Å². The number of hydrogen-bond donors (Lipinski definition) is 2. The first kappa shape index (κ1) is 15.8. The van der Waals surface area contributed by atoms with Crippen molar-refractivity contribution in [2.24, 2.45) is 0 Å². The molecule has 0 spiro atoms. The van der Waals surface area contributed by atoms with Crippen molar-refractivity contribution in [2.75, 3.05) is 6.54 Å². The molecule has 0 saturated carbocycles. The van der Waals surface area contributed by atoms with Gasteiger partial charge in [-0.2, -0.15) is 0 Å². The molecule has 0 aliphatic heterocycles. The van der Waals surface area contributed by atoms with Gasteiger partial charge in [-0.25, -0.2) is 4.79 Å². The van der Waals surface area contributed by atoms with Gasteiger partial charge in [-0.05, 0) is 41.1 Å². The molecule has 1 aromatic carbocycles. The Kier molecular flexibility index (Phi) is 6.11. The zero-order chi connectivity index (χ0) is 14.4. The first-order chi connectivity index (χ1) is 8.95. The summed E-state index contributed by atoms with van der Waals surface area (Å²) in [5.41, 5.74) is 0.184. The van der Waals surface area contributed by atoms with E-state index in [0.29, 0.717) is 11.0 Å². The molecule has 1 atom stereocenters. The van der Waals surface area contributed by atoms with Gasteiger partial charge in [0.2, 0.25) is 5.91 Å². The minimum Gasteiger partial charge on any atom is -0.478 e. The lowest BCUT2D eigenvalue weighted by Crippen LogP contribution is -2.30. The average Bonchev–Trinajstić information content (AvgIpc) is 2.37. The molecule has 1 rings (SSSR count). The van der Waals surface area contributed by atoms with Crippen LogP contribution in [0.1, 0.15) is 17.3 Å². The summed E-state index contributed by atoms with van der Waals surface area (Å²) in [4.78, 5) is 23.4. The monoisotopic (exact) mass is 343 g/mol. The number of thioether (sulfide) groups is 1. The van der Waals surface area contributed by atoms with Gasteiger partial charge in [-0.15, -0.1) is 18.3 Å². The predicted octanol–water partition coefficient (Wildman–Crippen LogP) is 2.93. The summed E-state index contributed by atoms with van der Waals surface area (Å²) < 4.78 is 0.521. The first-order valence-electron chi connectivity index (χ1n) is 5.53. The highest BCUT2D eigenvalue weighted by molar-refractivity contribution is 9.10. The van der Waals surface area contributed by atoms with Crippen molar-refractivity contribution in [2.45, 2.75) is 17.1 Å². The van der Waals surface area contributed by atoms with Crippen molar-refractivity contribution >= 4 is 39.6 Å². The molecule has 0 bridgehead atoms. The smallest absolute Gasteiger partial charge is 0.336 e. The molecule has 2 N–H and O–H groups in total. The number of benzene rings is 1. The summed E-state index contributed by atoms with van der Waals surface area (Å²) in [5.74, 6) is -1.11. The zero-order valence-electron chi connectivity index (χ0n) is 10.4. The van der Waals surface area contributed by atoms with Gasteiger partial charge < -0.3 is 10.4 Å². The van der Waals surface area contributed by atoms with Crippen LogP contribution >= 0.6 is 27.7 Å². The molecule has 102 valence electrons. The molecule has 0 saturated heterocycles. The van der Waals surface area contributed by atoms with E-state index in [2.05, 4.69) is 27.8 Å². The molecule has 19 heavy (non-hydrogen) atoms. The summed E-state index contributed by atoms with van der Waals surface area (Å²) in [6.07, 6.45) is 1.61. The fraction of sp³-hybridized carbons (Fsp3) is 0.231. The van der Waals surface area contributed by atoms with Gasteiger partial charge in [0.05, 0.1) is 10.8 Å². The number of carbonyl (C=O) groups is 2. The highest BCUT2D eigenvalue weighted by Gasteiger charge is 2.15. The van der Waals surface area contributed by atoms with Crippen LogP contribution in [0.5, 0.6) is 0 Å². The number of hydrogen-bond acceptors (Lipinski definition) is 3. The number of carbonyl (C=O) groups excluding carboxylic acids is 1. The molecular formula is C13H14BrNO3S. The third-order valence-electron chi connectivity index (χ3n) is 2.27. The van der Waals surface area contributed by atoms with Gasteiger partial charge in [0, 0.05) is 15.9 Å². The van der Waals surface area contributed by atoms with E-state index in [1.807, 2.05) is 0 Å². The van der Waals surface area contributed by atoms with Gasteiger partial charge in [-0.3, -0.25) is 4.79 Å². The average molecular weight is 344 g/mol. The second-order valence-electron chi connectivity index (χ2n) is 3.74. The number of nitrogens with one attached hydrogen (secondary N) is 1. The van der Waals surface area contributed by atoms with E-state index >= 15 is 0 Å². The van der Waals surface area contributed by atoms with Crippen molar-refractivity contribution in [1.82, 2.24) is 5.32 Å². The van der Waals surface area contributed by atoms with Crippen LogP contribution in [0.25, 0.3) is 0 Å². The minimum atomic E-state index is -1.00. The molecule has 0 aliphatic rings. The number of carboxylic acids is 1. The van der Waals surface area contributed by atoms with Crippen LogP contribution in [0.15, 0.2) is 40.2 Å². The van der Waals surface area contributed by atoms with E-state index in [4.69, 9.17) is 5.11 Å². The summed E-state index contributed by atoms with van der Waals surface area (Å²) in [6.45, 7) is 5.72. The highest BCUT2D eigenvalue weighted by Crippen LogP contribution is 2.27. The number of aromatic carboxylic acids is 1. The molecule has 6 heteroatoms. The first-order valence-corrected chi connectivity index (χ1v) is 7.21. The molecule has 0 heterocycles. The lowest BCUT2D eigenvalue weighted by Gasteiger charge is -2.11. The van der Waals surface area contributed by atoms with Crippen LogP contribution in [-0.4, -0.2) is 28.8 Å². The standard InChI is InChI=1S/C13H14BrNO3S/c1-3-6-15-12(16)8(2)19-9-4-5-11(14)10(7-9)13(17)18/h3-5,7-8H,1,6H2,2H3,(H,15,16)(H,17,18). The number of halogens is 1. The Balaban J connectivity index is 2.77. The quantitative estimate of drug-likeness (QED) is 0.615. The van der Waals surface area contributed by atoms with Crippen LogP contribution < -0.4 is 5.32 Å². The second kappa shape index (κ2) is 7.35. The second-order valence-corrected chi connectivity index (χ2v) is 6.01. The van der Waals surface area contributed by atoms with Gasteiger partial charge in [0.25, 0.3) is 0 Å². The maximum atomic E-state index is 11.7. The maximum absolute atomic E-state index is 11.7. The van der Waals surface area contributed by atoms with Crippen molar-refractivity contribution in [1.29, 1.82) is 0 Å². The van der Waals surface area contributed by atoms with Gasteiger partial charge >= 0.3 is 5.97 Å². The molecule has 4 nitrogen and oxygen atoms in total. The molecule has 0 aromatic heterocycles. The third-order valence-corrected chi connectivity index (χ3v) is 4.06. The van der Waals surface area contributed by atoms with Gasteiger partial charge in [-0.1, -0.05) is 6.08 Å². The van der Waals surface area contributed by atoms with Crippen LogP contribution in [0.3, 0.4) is 0 Å². The lowest BCUT2D eigenvalue weighted by molar-refractivity contribution is -0.120. The van der Waals surface area contributed by atoms with Crippen LogP contribution in [-0.2, 0) is 4.79 Å². The van der Waals surface area contributed by atoms with Crippen LogP contribution in [0.4, 0.5) is 0 Å². The van der Waals surface area contributed by atoms with Crippen molar-refractivity contribution in [3.63, 3.8) is 0 Å². The van der Waals surface area contributed by atoms with E-state index in [1.165, 1.54) is 11.8 Å². The maximum Gasteiger partial charge on any atom is 0.336 e. The van der Waals surface area contributed by atoms with E-state index in [1.54, 1.807) is 31.2 Å². The summed E-state index contributed by atoms with van der Waals surface area (Å²) in [5, 5.41) is 11.4. The van der Waals surface area contributed by atoms with Crippen LogP contribution in [0.2, 0.25) is 0 Å². The Labute approximate surface area is 124 Å². The normalized spacial score (nSPS) is 11.7. The lowest BCUT2D eigenvalue weighted by atomic mass is 10.2. The van der Waals surface area contributed by atoms with E-state index in [0.717, 1.165) is 4.90 Å². The minimum absolute atomic E-state index is 0.107. The Morgan fingerprint density at radius 3 is 2.84 bits per heavy atom.